The van der Waals surface area contributed by atoms with Crippen molar-refractivity contribution < 1.29 is 18.5 Å². The number of benzene rings is 1. The molecule has 0 saturated heterocycles. The second kappa shape index (κ2) is 7.87. The number of hydrogen-bond donors (Lipinski definition) is 0. The van der Waals surface area contributed by atoms with Crippen LogP contribution in [0.2, 0.25) is 0 Å². The van der Waals surface area contributed by atoms with Crippen molar-refractivity contribution in [3.63, 3.8) is 0 Å². The Hall–Kier alpha value is -1.76. The third kappa shape index (κ3) is 4.10. The number of nitro benzene ring substituents is 1. The van der Waals surface area contributed by atoms with E-state index in [2.05, 4.69) is 0 Å². The normalized spacial score (nSPS) is 10.5. The number of nitro groups is 1. The molecule has 0 aliphatic carbocycles. The Morgan fingerprint density at radius 3 is 2.57 bits per heavy atom. The van der Waals surface area contributed by atoms with Gasteiger partial charge < -0.3 is 4.90 Å². The van der Waals surface area contributed by atoms with Gasteiger partial charge in [0.2, 0.25) is 5.82 Å². The van der Waals surface area contributed by atoms with E-state index in [0.29, 0.717) is 18.6 Å². The van der Waals surface area contributed by atoms with Gasteiger partial charge in [-0.1, -0.05) is 13.3 Å². The molecule has 1 aromatic rings. The summed E-state index contributed by atoms with van der Waals surface area (Å²) in [5.41, 5.74) is -1.84. The Kier molecular flexibility index (Phi) is 6.48. The number of unbranched alkanes of at least 4 members (excludes halogenated alkanes) is 1. The molecule has 0 aliphatic heterocycles. The average molecular weight is 321 g/mol. The van der Waals surface area contributed by atoms with Crippen molar-refractivity contribution in [1.29, 1.82) is 0 Å². The molecule has 0 radical (unpaired) electrons. The summed E-state index contributed by atoms with van der Waals surface area (Å²) < 4.78 is 27.7. The second-order valence-electron chi connectivity index (χ2n) is 4.35. The minimum absolute atomic E-state index is 0.105. The van der Waals surface area contributed by atoms with Crippen LogP contribution in [0.3, 0.4) is 0 Å². The number of amides is 1. The third-order valence-electron chi connectivity index (χ3n) is 2.90. The zero-order valence-corrected chi connectivity index (χ0v) is 12.2. The number of halogens is 3. The largest absolute Gasteiger partial charge is 0.337 e. The molecule has 116 valence electrons. The van der Waals surface area contributed by atoms with Crippen molar-refractivity contribution in [3.8, 4) is 0 Å². The van der Waals surface area contributed by atoms with Gasteiger partial charge in [-0.3, -0.25) is 14.9 Å². The summed E-state index contributed by atoms with van der Waals surface area (Å²) in [5.74, 6) is -3.41. The van der Waals surface area contributed by atoms with Gasteiger partial charge in [-0.25, -0.2) is 4.39 Å². The lowest BCUT2D eigenvalue weighted by Crippen LogP contribution is -2.35. The smallest absolute Gasteiger partial charge is 0.305 e. The highest BCUT2D eigenvalue weighted by Gasteiger charge is 2.28. The molecule has 21 heavy (non-hydrogen) atoms. The van der Waals surface area contributed by atoms with Gasteiger partial charge in [-0.2, -0.15) is 4.39 Å². The molecule has 0 spiro atoms. The van der Waals surface area contributed by atoms with Crippen LogP contribution in [0.25, 0.3) is 0 Å². The van der Waals surface area contributed by atoms with E-state index in [-0.39, 0.29) is 19.0 Å². The number of rotatable bonds is 7. The van der Waals surface area contributed by atoms with Crippen molar-refractivity contribution in [2.24, 2.45) is 0 Å². The Morgan fingerprint density at radius 2 is 2.05 bits per heavy atom. The molecule has 1 rings (SSSR count). The summed E-state index contributed by atoms with van der Waals surface area (Å²) >= 11 is 5.58. The zero-order valence-electron chi connectivity index (χ0n) is 11.4. The van der Waals surface area contributed by atoms with Crippen molar-refractivity contribution in [1.82, 2.24) is 4.90 Å². The molecule has 0 aromatic heterocycles. The van der Waals surface area contributed by atoms with Crippen molar-refractivity contribution in [2.45, 2.75) is 19.8 Å². The number of carbonyl (C=O) groups excluding carboxylic acids is 1. The summed E-state index contributed by atoms with van der Waals surface area (Å²) in [7, 11) is 0. The highest BCUT2D eigenvalue weighted by molar-refractivity contribution is 6.18. The Balaban J connectivity index is 3.20. The first kappa shape index (κ1) is 17.3. The molecule has 0 unspecified atom stereocenters. The maximum atomic E-state index is 14.0. The fourth-order valence-corrected chi connectivity index (χ4v) is 2.01. The van der Waals surface area contributed by atoms with Gasteiger partial charge in [-0.15, -0.1) is 11.6 Å². The first-order chi connectivity index (χ1) is 9.93. The molecule has 1 amide bonds. The lowest BCUT2D eigenvalue weighted by Gasteiger charge is -2.21. The van der Waals surface area contributed by atoms with Crippen LogP contribution in [0.5, 0.6) is 0 Å². The summed E-state index contributed by atoms with van der Waals surface area (Å²) in [4.78, 5) is 23.1. The second-order valence-corrected chi connectivity index (χ2v) is 4.73. The van der Waals surface area contributed by atoms with E-state index in [9.17, 15) is 23.7 Å². The lowest BCUT2D eigenvalue weighted by molar-refractivity contribution is -0.387. The molecule has 5 nitrogen and oxygen atoms in total. The molecule has 0 bridgehead atoms. The lowest BCUT2D eigenvalue weighted by atomic mass is 10.1. The van der Waals surface area contributed by atoms with Crippen molar-refractivity contribution in [3.05, 3.63) is 39.4 Å². The maximum absolute atomic E-state index is 14.0. The highest BCUT2D eigenvalue weighted by Crippen LogP contribution is 2.24. The minimum Gasteiger partial charge on any atom is -0.337 e. The van der Waals surface area contributed by atoms with Gasteiger partial charge in [-0.05, 0) is 12.5 Å². The van der Waals surface area contributed by atoms with Crippen LogP contribution in [0.1, 0.15) is 30.1 Å². The minimum atomic E-state index is -1.46. The Bertz CT molecular complexity index is 540. The summed E-state index contributed by atoms with van der Waals surface area (Å²) in [6.07, 6.45) is 1.42. The number of hydrogen-bond acceptors (Lipinski definition) is 3. The van der Waals surface area contributed by atoms with Gasteiger partial charge in [0.05, 0.1) is 4.92 Å². The van der Waals surface area contributed by atoms with E-state index >= 15 is 0 Å². The molecule has 0 saturated carbocycles. The van der Waals surface area contributed by atoms with Crippen LogP contribution in [0.4, 0.5) is 14.5 Å². The molecule has 0 atom stereocenters. The van der Waals surface area contributed by atoms with Crippen LogP contribution < -0.4 is 0 Å². The van der Waals surface area contributed by atoms with Gasteiger partial charge in [0.1, 0.15) is 11.4 Å². The van der Waals surface area contributed by atoms with E-state index in [0.717, 1.165) is 6.42 Å². The highest BCUT2D eigenvalue weighted by atomic mass is 35.5. The molecule has 8 heteroatoms. The zero-order chi connectivity index (χ0) is 16.0. The molecule has 0 heterocycles. The summed E-state index contributed by atoms with van der Waals surface area (Å²) in [6, 6.07) is 1.41. The maximum Gasteiger partial charge on any atom is 0.305 e. The molecule has 1 aromatic carbocycles. The molecule has 0 aliphatic rings. The average Bonchev–Trinajstić information content (AvgIpc) is 2.42. The molecule has 0 fully saturated rings. The summed E-state index contributed by atoms with van der Waals surface area (Å²) in [6.45, 7) is 2.30. The fraction of sp³-hybridized carbons (Fsp3) is 0.462. The fourth-order valence-electron chi connectivity index (χ4n) is 1.80. The number of alkyl halides is 1. The van der Waals surface area contributed by atoms with Gasteiger partial charge in [0.15, 0.2) is 0 Å². The quantitative estimate of drug-likeness (QED) is 0.439. The van der Waals surface area contributed by atoms with Crippen LogP contribution >= 0.6 is 11.6 Å². The van der Waals surface area contributed by atoms with Crippen LogP contribution in [0.15, 0.2) is 12.1 Å². The summed E-state index contributed by atoms with van der Waals surface area (Å²) in [5, 5.41) is 10.7. The Labute approximate surface area is 125 Å². The van der Waals surface area contributed by atoms with E-state index in [1.54, 1.807) is 0 Å². The molecular formula is C13H15ClF2N2O3. The van der Waals surface area contributed by atoms with Crippen molar-refractivity contribution >= 4 is 23.2 Å². The third-order valence-corrected chi connectivity index (χ3v) is 3.07. The molecular weight excluding hydrogens is 306 g/mol. The van der Waals surface area contributed by atoms with E-state index in [1.807, 2.05) is 6.92 Å². The van der Waals surface area contributed by atoms with E-state index in [1.165, 1.54) is 4.90 Å². The SMILES string of the molecule is CCCCN(CCCl)C(=O)c1c(F)ccc([N+](=O)[O-])c1F. The number of nitrogens with zero attached hydrogens (tertiary/aromatic N) is 2. The predicted octanol–water partition coefficient (Wildman–Crippen LogP) is 3.35. The predicted molar refractivity (Wildman–Crippen MR) is 74.5 cm³/mol. The van der Waals surface area contributed by atoms with Gasteiger partial charge in [0.25, 0.3) is 5.91 Å². The van der Waals surface area contributed by atoms with Crippen LogP contribution in [-0.4, -0.2) is 34.7 Å². The van der Waals surface area contributed by atoms with Crippen LogP contribution in [0, 0.1) is 21.7 Å². The standard InChI is InChI=1S/C13H15ClF2N2O3/c1-2-3-7-17(8-6-14)13(19)11-9(15)4-5-10(12(11)16)18(20)21/h4-5H,2-3,6-8H2,1H3. The monoisotopic (exact) mass is 320 g/mol. The van der Waals surface area contributed by atoms with E-state index in [4.69, 9.17) is 11.6 Å². The first-order valence-electron chi connectivity index (χ1n) is 6.41. The van der Waals surface area contributed by atoms with Crippen LogP contribution in [-0.2, 0) is 0 Å². The number of carbonyl (C=O) groups is 1. The van der Waals surface area contributed by atoms with Crippen molar-refractivity contribution in [2.75, 3.05) is 19.0 Å². The van der Waals surface area contributed by atoms with E-state index < -0.39 is 33.7 Å². The van der Waals surface area contributed by atoms with Gasteiger partial charge >= 0.3 is 5.69 Å². The Morgan fingerprint density at radius 1 is 1.38 bits per heavy atom. The molecule has 0 N–H and O–H groups in total. The first-order valence-corrected chi connectivity index (χ1v) is 6.95. The topological polar surface area (TPSA) is 63.5 Å². The van der Waals surface area contributed by atoms with Gasteiger partial charge in [0, 0.05) is 25.0 Å².